The number of fused-ring (bicyclic) bond motifs is 1. The van der Waals surface area contributed by atoms with Crippen LogP contribution in [0, 0.1) is 6.92 Å². The topological polar surface area (TPSA) is 117 Å². The number of hydrogen-bond donors (Lipinski definition) is 2. The lowest BCUT2D eigenvalue weighted by molar-refractivity contribution is -0.275. The predicted molar refractivity (Wildman–Crippen MR) is 114 cm³/mol. The fourth-order valence-corrected chi connectivity index (χ4v) is 3.23. The summed E-state index contributed by atoms with van der Waals surface area (Å²) in [6.45, 7) is 1.39. The molecule has 0 saturated heterocycles. The Hall–Kier alpha value is -3.62. The van der Waals surface area contributed by atoms with Gasteiger partial charge in [-0.1, -0.05) is 0 Å². The summed E-state index contributed by atoms with van der Waals surface area (Å²) >= 11 is 0. The van der Waals surface area contributed by atoms with Crippen LogP contribution in [-0.4, -0.2) is 45.6 Å². The van der Waals surface area contributed by atoms with Gasteiger partial charge in [0.1, 0.15) is 23.9 Å². The summed E-state index contributed by atoms with van der Waals surface area (Å²) in [6, 6.07) is 3.03. The monoisotopic (exact) mass is 518 g/mol. The first-order chi connectivity index (χ1) is 16.9. The molecular weight excluding hydrogens is 498 g/mol. The van der Waals surface area contributed by atoms with Crippen LogP contribution in [0.25, 0.3) is 10.9 Å². The predicted octanol–water partition coefficient (Wildman–Crippen LogP) is 4.40. The van der Waals surface area contributed by atoms with Gasteiger partial charge >= 0.3 is 12.5 Å². The van der Waals surface area contributed by atoms with E-state index >= 15 is 0 Å². The van der Waals surface area contributed by atoms with Gasteiger partial charge in [-0.2, -0.15) is 13.2 Å². The highest BCUT2D eigenvalue weighted by Gasteiger charge is 2.34. The van der Waals surface area contributed by atoms with Crippen molar-refractivity contribution in [3.05, 3.63) is 35.4 Å². The molecule has 15 heteroatoms. The smallest absolute Gasteiger partial charge is 0.487 e. The Morgan fingerprint density at radius 3 is 2.39 bits per heavy atom. The number of halogens is 6. The van der Waals surface area contributed by atoms with Gasteiger partial charge in [-0.05, 0) is 31.9 Å². The van der Waals surface area contributed by atoms with Crippen LogP contribution in [0.1, 0.15) is 30.1 Å². The van der Waals surface area contributed by atoms with Gasteiger partial charge < -0.3 is 25.3 Å². The summed E-state index contributed by atoms with van der Waals surface area (Å²) in [4.78, 5) is 15.3. The van der Waals surface area contributed by atoms with Crippen LogP contribution in [0.5, 0.6) is 11.5 Å². The molecule has 0 spiro atoms. The molecule has 1 aliphatic carbocycles. The van der Waals surface area contributed by atoms with E-state index in [1.54, 1.807) is 0 Å². The fourth-order valence-electron chi connectivity index (χ4n) is 3.23. The number of alkyl halides is 6. The zero-order valence-corrected chi connectivity index (χ0v) is 18.7. The normalized spacial score (nSPS) is 14.2. The lowest BCUT2D eigenvalue weighted by Crippen LogP contribution is -2.18. The number of aryl methyl sites for hydroxylation is 1. The Labute approximate surface area is 200 Å². The summed E-state index contributed by atoms with van der Waals surface area (Å²) < 4.78 is 93.2. The van der Waals surface area contributed by atoms with Gasteiger partial charge in [-0.3, -0.25) is 0 Å². The molecule has 0 bridgehead atoms. The Morgan fingerprint density at radius 2 is 1.72 bits per heavy atom. The third kappa shape index (κ3) is 6.74. The average molecular weight is 518 g/mol. The van der Waals surface area contributed by atoms with E-state index in [1.165, 1.54) is 13.0 Å². The van der Waals surface area contributed by atoms with Crippen molar-refractivity contribution in [1.82, 2.24) is 19.9 Å². The summed E-state index contributed by atoms with van der Waals surface area (Å²) in [6.07, 6.45) is -7.73. The molecule has 3 N–H and O–H groups in total. The zero-order valence-electron chi connectivity index (χ0n) is 18.7. The third-order valence-corrected chi connectivity index (χ3v) is 4.84. The second kappa shape index (κ2) is 9.79. The molecule has 194 valence electrons. The second-order valence-corrected chi connectivity index (χ2v) is 7.86. The van der Waals surface area contributed by atoms with E-state index in [-0.39, 0.29) is 59.9 Å². The molecule has 2 aromatic heterocycles. The largest absolute Gasteiger partial charge is 0.573 e. The molecule has 0 radical (unpaired) electrons. The van der Waals surface area contributed by atoms with Gasteiger partial charge in [-0.15, -0.1) is 13.2 Å². The van der Waals surface area contributed by atoms with Crippen molar-refractivity contribution in [2.24, 2.45) is 0 Å². The quantitative estimate of drug-likeness (QED) is 0.314. The lowest BCUT2D eigenvalue weighted by atomic mass is 10.2. The van der Waals surface area contributed by atoms with E-state index in [1.807, 2.05) is 0 Å². The molecule has 1 aromatic carbocycles. The number of hydrogen-bond acceptors (Lipinski definition) is 9. The van der Waals surface area contributed by atoms with E-state index in [0.717, 1.165) is 25.0 Å². The molecule has 1 saturated carbocycles. The van der Waals surface area contributed by atoms with Gasteiger partial charge in [0.25, 0.3) is 0 Å². The minimum atomic E-state index is -4.98. The first-order valence-corrected chi connectivity index (χ1v) is 10.6. The summed E-state index contributed by atoms with van der Waals surface area (Å²) in [7, 11) is 0. The summed E-state index contributed by atoms with van der Waals surface area (Å²) in [5, 5.41) is 3.07. The van der Waals surface area contributed by atoms with Crippen molar-refractivity contribution in [2.45, 2.75) is 45.0 Å². The van der Waals surface area contributed by atoms with Crippen LogP contribution in [0.15, 0.2) is 18.2 Å². The number of anilines is 2. The minimum Gasteiger partial charge on any atom is -0.487 e. The number of benzene rings is 1. The minimum absolute atomic E-state index is 0.0356. The summed E-state index contributed by atoms with van der Waals surface area (Å²) in [5.41, 5.74) is 4.19. The van der Waals surface area contributed by atoms with E-state index in [2.05, 4.69) is 30.0 Å². The van der Waals surface area contributed by atoms with Crippen LogP contribution in [0.3, 0.4) is 0 Å². The molecular formula is C21H20F6N6O3. The molecule has 9 nitrogen and oxygen atoms in total. The van der Waals surface area contributed by atoms with Crippen molar-refractivity contribution in [3.8, 4) is 11.5 Å². The number of nitrogen functional groups attached to an aromatic ring is 1. The van der Waals surface area contributed by atoms with Gasteiger partial charge in [0.15, 0.2) is 11.5 Å². The second-order valence-electron chi connectivity index (χ2n) is 7.86. The highest BCUT2D eigenvalue weighted by atomic mass is 19.4. The molecule has 0 amide bonds. The summed E-state index contributed by atoms with van der Waals surface area (Å²) in [5.74, 6) is -1.10. The number of aromatic nitrogens is 4. The number of rotatable bonds is 9. The maximum atomic E-state index is 13.0. The molecule has 1 fully saturated rings. The van der Waals surface area contributed by atoms with E-state index in [4.69, 9.17) is 15.2 Å². The van der Waals surface area contributed by atoms with E-state index in [9.17, 15) is 26.3 Å². The van der Waals surface area contributed by atoms with Crippen LogP contribution in [-0.2, 0) is 17.5 Å². The van der Waals surface area contributed by atoms with Crippen molar-refractivity contribution in [1.29, 1.82) is 0 Å². The van der Waals surface area contributed by atoms with E-state index in [0.29, 0.717) is 0 Å². The van der Waals surface area contributed by atoms with Crippen molar-refractivity contribution < 1.29 is 40.6 Å². The van der Waals surface area contributed by atoms with E-state index < -0.39 is 29.9 Å². The highest BCUT2D eigenvalue weighted by molar-refractivity contribution is 5.91. The van der Waals surface area contributed by atoms with Gasteiger partial charge in [0, 0.05) is 11.5 Å². The highest BCUT2D eigenvalue weighted by Crippen LogP contribution is 2.38. The van der Waals surface area contributed by atoms with Crippen LogP contribution in [0.4, 0.5) is 38.1 Å². The van der Waals surface area contributed by atoms with Crippen LogP contribution >= 0.6 is 0 Å². The SMILES string of the molecule is Cc1nc(NCc2cc(C(F)(F)F)nc(N)n2)c2cc(OCCOC3CC3)c(OC(F)(F)F)cc2n1. The lowest BCUT2D eigenvalue weighted by Gasteiger charge is -2.17. The standard InChI is InChI=1S/C21H20F6N6O3/c1-10-30-14-8-16(36-21(25,26)27)15(35-5-4-34-12-2-3-12)7-13(14)18(31-10)29-9-11-6-17(20(22,23)24)33-19(28)32-11/h6-8,12H,2-5,9H2,1H3,(H2,28,32,33)(H,29,30,31). The zero-order chi connectivity index (χ0) is 26.1. The van der Waals surface area contributed by atoms with Crippen molar-refractivity contribution in [2.75, 3.05) is 24.3 Å². The molecule has 0 atom stereocenters. The van der Waals surface area contributed by atoms with Crippen molar-refractivity contribution in [3.63, 3.8) is 0 Å². The molecule has 2 heterocycles. The number of nitrogens with zero attached hydrogens (tertiary/aromatic N) is 4. The van der Waals surface area contributed by atoms with Crippen LogP contribution in [0.2, 0.25) is 0 Å². The maximum absolute atomic E-state index is 13.0. The number of ether oxygens (including phenoxy) is 3. The third-order valence-electron chi connectivity index (χ3n) is 4.84. The Balaban J connectivity index is 1.63. The molecule has 0 unspecified atom stereocenters. The number of nitrogens with two attached hydrogens (primary N) is 1. The van der Waals surface area contributed by atoms with Crippen molar-refractivity contribution >= 4 is 22.7 Å². The Kier molecular flexibility index (Phi) is 6.93. The van der Waals surface area contributed by atoms with Crippen LogP contribution < -0.4 is 20.5 Å². The first kappa shape index (κ1) is 25.5. The molecule has 0 aliphatic heterocycles. The Bertz CT molecular complexity index is 1250. The maximum Gasteiger partial charge on any atom is 0.573 e. The van der Waals surface area contributed by atoms with Gasteiger partial charge in [0.05, 0.1) is 30.5 Å². The molecule has 36 heavy (non-hydrogen) atoms. The first-order valence-electron chi connectivity index (χ1n) is 10.6. The molecule has 4 rings (SSSR count). The molecule has 1 aliphatic rings. The van der Waals surface area contributed by atoms with Gasteiger partial charge in [-0.25, -0.2) is 19.9 Å². The fraction of sp³-hybridized carbons (Fsp3) is 0.429. The Morgan fingerprint density at radius 1 is 0.972 bits per heavy atom. The molecule has 3 aromatic rings. The number of nitrogens with one attached hydrogen (secondary N) is 1. The van der Waals surface area contributed by atoms with Gasteiger partial charge in [0.2, 0.25) is 5.95 Å². The average Bonchev–Trinajstić information content (AvgIpc) is 3.58.